The summed E-state index contributed by atoms with van der Waals surface area (Å²) < 4.78 is 0. The molecule has 0 saturated carbocycles. The van der Waals surface area contributed by atoms with E-state index in [1.807, 2.05) is 20.8 Å². The van der Waals surface area contributed by atoms with Crippen LogP contribution in [0.25, 0.3) is 0 Å². The van der Waals surface area contributed by atoms with Gasteiger partial charge in [-0.25, -0.2) is 0 Å². The SMILES string of the molecule is CCCN1C(=O)CNC(=O)C1(CC)CC. The van der Waals surface area contributed by atoms with Crippen molar-refractivity contribution in [3.05, 3.63) is 0 Å². The minimum absolute atomic E-state index is 0.000509. The molecule has 1 saturated heterocycles. The molecule has 0 aromatic carbocycles. The largest absolute Gasteiger partial charge is 0.345 e. The summed E-state index contributed by atoms with van der Waals surface area (Å²) in [5.41, 5.74) is -0.606. The van der Waals surface area contributed by atoms with E-state index in [1.165, 1.54) is 0 Å². The van der Waals surface area contributed by atoms with Crippen LogP contribution in [-0.4, -0.2) is 35.3 Å². The quantitative estimate of drug-likeness (QED) is 0.753. The Labute approximate surface area is 91.0 Å². The monoisotopic (exact) mass is 212 g/mol. The van der Waals surface area contributed by atoms with Gasteiger partial charge in [0.1, 0.15) is 5.54 Å². The van der Waals surface area contributed by atoms with E-state index in [4.69, 9.17) is 0 Å². The van der Waals surface area contributed by atoms with Gasteiger partial charge in [-0.2, -0.15) is 0 Å². The fraction of sp³-hybridized carbons (Fsp3) is 0.818. The van der Waals surface area contributed by atoms with Gasteiger partial charge < -0.3 is 10.2 Å². The maximum Gasteiger partial charge on any atom is 0.246 e. The minimum atomic E-state index is -0.606. The summed E-state index contributed by atoms with van der Waals surface area (Å²) in [7, 11) is 0. The zero-order chi connectivity index (χ0) is 11.5. The Morgan fingerprint density at radius 2 is 1.87 bits per heavy atom. The molecule has 4 heteroatoms. The lowest BCUT2D eigenvalue weighted by Gasteiger charge is -2.45. The van der Waals surface area contributed by atoms with Crippen LogP contribution in [0.15, 0.2) is 0 Å². The van der Waals surface area contributed by atoms with E-state index >= 15 is 0 Å². The first kappa shape index (κ1) is 12.0. The average molecular weight is 212 g/mol. The van der Waals surface area contributed by atoms with Crippen molar-refractivity contribution in [3.63, 3.8) is 0 Å². The van der Waals surface area contributed by atoms with E-state index in [9.17, 15) is 9.59 Å². The molecule has 0 aromatic rings. The average Bonchev–Trinajstić information content (AvgIpc) is 2.25. The van der Waals surface area contributed by atoms with Crippen molar-refractivity contribution in [2.75, 3.05) is 13.1 Å². The number of amides is 2. The van der Waals surface area contributed by atoms with E-state index < -0.39 is 5.54 Å². The highest BCUT2D eigenvalue weighted by atomic mass is 16.2. The molecule has 0 spiro atoms. The van der Waals surface area contributed by atoms with Gasteiger partial charge in [0, 0.05) is 6.54 Å². The Morgan fingerprint density at radius 1 is 1.27 bits per heavy atom. The van der Waals surface area contributed by atoms with Gasteiger partial charge in [0.2, 0.25) is 11.8 Å². The lowest BCUT2D eigenvalue weighted by molar-refractivity contribution is -0.154. The molecule has 15 heavy (non-hydrogen) atoms. The highest BCUT2D eigenvalue weighted by Crippen LogP contribution is 2.27. The zero-order valence-corrected chi connectivity index (χ0v) is 9.80. The molecule has 0 bridgehead atoms. The van der Waals surface area contributed by atoms with Crippen LogP contribution in [0.1, 0.15) is 40.0 Å². The van der Waals surface area contributed by atoms with E-state index in [0.29, 0.717) is 19.4 Å². The number of carbonyl (C=O) groups excluding carboxylic acids is 2. The lowest BCUT2D eigenvalue weighted by atomic mass is 9.87. The lowest BCUT2D eigenvalue weighted by Crippen LogP contribution is -2.66. The van der Waals surface area contributed by atoms with Gasteiger partial charge in [0.15, 0.2) is 0 Å². The van der Waals surface area contributed by atoms with Crippen LogP contribution in [-0.2, 0) is 9.59 Å². The standard InChI is InChI=1S/C11H20N2O2/c1-4-7-13-9(14)8-12-10(15)11(13,5-2)6-3/h4-8H2,1-3H3,(H,12,15). The Kier molecular flexibility index (Phi) is 3.72. The van der Waals surface area contributed by atoms with E-state index in [2.05, 4.69) is 5.32 Å². The van der Waals surface area contributed by atoms with Gasteiger partial charge in [-0.3, -0.25) is 9.59 Å². The van der Waals surface area contributed by atoms with Crippen molar-refractivity contribution in [1.82, 2.24) is 10.2 Å². The van der Waals surface area contributed by atoms with Gasteiger partial charge in [-0.15, -0.1) is 0 Å². The first-order valence-electron chi connectivity index (χ1n) is 5.71. The number of hydrogen-bond acceptors (Lipinski definition) is 2. The predicted octanol–water partition coefficient (Wildman–Crippen LogP) is 0.914. The molecule has 1 aliphatic rings. The fourth-order valence-electron chi connectivity index (χ4n) is 2.29. The van der Waals surface area contributed by atoms with Crippen LogP contribution in [0.2, 0.25) is 0 Å². The summed E-state index contributed by atoms with van der Waals surface area (Å²) in [6.45, 7) is 6.78. The van der Waals surface area contributed by atoms with Crippen molar-refractivity contribution in [2.45, 2.75) is 45.6 Å². The van der Waals surface area contributed by atoms with Crippen LogP contribution >= 0.6 is 0 Å². The number of nitrogens with zero attached hydrogens (tertiary/aromatic N) is 1. The fourth-order valence-corrected chi connectivity index (χ4v) is 2.29. The van der Waals surface area contributed by atoms with Crippen LogP contribution in [0.4, 0.5) is 0 Å². The Bertz CT molecular complexity index is 259. The Balaban J connectivity index is 3.01. The molecule has 2 amide bonds. The van der Waals surface area contributed by atoms with Crippen molar-refractivity contribution >= 4 is 11.8 Å². The normalized spacial score (nSPS) is 20.3. The molecule has 1 heterocycles. The smallest absolute Gasteiger partial charge is 0.246 e. The molecule has 1 rings (SSSR count). The second kappa shape index (κ2) is 4.64. The molecule has 86 valence electrons. The van der Waals surface area contributed by atoms with Gasteiger partial charge in [-0.1, -0.05) is 20.8 Å². The van der Waals surface area contributed by atoms with Crippen LogP contribution in [0.3, 0.4) is 0 Å². The third-order valence-corrected chi connectivity index (χ3v) is 3.26. The zero-order valence-electron chi connectivity index (χ0n) is 9.80. The van der Waals surface area contributed by atoms with Gasteiger partial charge in [-0.05, 0) is 19.3 Å². The first-order chi connectivity index (χ1) is 7.12. The summed E-state index contributed by atoms with van der Waals surface area (Å²) >= 11 is 0. The molecule has 4 nitrogen and oxygen atoms in total. The number of piperazine rings is 1. The van der Waals surface area contributed by atoms with Crippen molar-refractivity contribution in [2.24, 2.45) is 0 Å². The van der Waals surface area contributed by atoms with E-state index in [1.54, 1.807) is 4.90 Å². The molecule has 0 aliphatic carbocycles. The third kappa shape index (κ3) is 1.85. The summed E-state index contributed by atoms with van der Waals surface area (Å²) in [6, 6.07) is 0. The molecular formula is C11H20N2O2. The first-order valence-corrected chi connectivity index (χ1v) is 5.71. The summed E-state index contributed by atoms with van der Waals surface area (Å²) in [5, 5.41) is 2.68. The van der Waals surface area contributed by atoms with Crippen LogP contribution in [0, 0.1) is 0 Å². The van der Waals surface area contributed by atoms with Gasteiger partial charge in [0.05, 0.1) is 6.54 Å². The van der Waals surface area contributed by atoms with Gasteiger partial charge >= 0.3 is 0 Å². The maximum absolute atomic E-state index is 11.9. The van der Waals surface area contributed by atoms with Crippen molar-refractivity contribution in [1.29, 1.82) is 0 Å². The molecule has 1 fully saturated rings. The highest BCUT2D eigenvalue weighted by Gasteiger charge is 2.45. The molecule has 0 aromatic heterocycles. The van der Waals surface area contributed by atoms with Crippen LogP contribution in [0.5, 0.6) is 0 Å². The highest BCUT2D eigenvalue weighted by molar-refractivity contribution is 5.97. The molecule has 0 radical (unpaired) electrons. The number of hydrogen-bond donors (Lipinski definition) is 1. The molecular weight excluding hydrogens is 192 g/mol. The molecule has 1 aliphatic heterocycles. The minimum Gasteiger partial charge on any atom is -0.345 e. The molecule has 0 unspecified atom stereocenters. The number of rotatable bonds is 4. The molecule has 1 N–H and O–H groups in total. The van der Waals surface area contributed by atoms with Crippen LogP contribution < -0.4 is 5.32 Å². The maximum atomic E-state index is 11.9. The van der Waals surface area contributed by atoms with Gasteiger partial charge in [0.25, 0.3) is 0 Å². The Morgan fingerprint density at radius 3 is 2.33 bits per heavy atom. The van der Waals surface area contributed by atoms with Crippen molar-refractivity contribution < 1.29 is 9.59 Å². The topological polar surface area (TPSA) is 49.4 Å². The Hall–Kier alpha value is -1.06. The second-order valence-electron chi connectivity index (χ2n) is 3.97. The second-order valence-corrected chi connectivity index (χ2v) is 3.97. The third-order valence-electron chi connectivity index (χ3n) is 3.26. The summed E-state index contributed by atoms with van der Waals surface area (Å²) in [6.07, 6.45) is 2.25. The van der Waals surface area contributed by atoms with Crippen molar-refractivity contribution in [3.8, 4) is 0 Å². The number of nitrogens with one attached hydrogen (secondary N) is 1. The summed E-state index contributed by atoms with van der Waals surface area (Å²) in [4.78, 5) is 25.4. The van der Waals surface area contributed by atoms with E-state index in [-0.39, 0.29) is 18.4 Å². The van der Waals surface area contributed by atoms with E-state index in [0.717, 1.165) is 6.42 Å². The summed E-state index contributed by atoms with van der Waals surface area (Å²) in [5.74, 6) is 0.0423. The number of carbonyl (C=O) groups is 2. The molecule has 0 atom stereocenters. The predicted molar refractivity (Wildman–Crippen MR) is 58.3 cm³/mol.